The molecule has 3 unspecified atom stereocenters. The van der Waals surface area contributed by atoms with E-state index in [0.717, 1.165) is 0 Å². The number of carbonyl (C=O) groups is 1. The number of nitrogens with one attached hydrogen (secondary N) is 1. The summed E-state index contributed by atoms with van der Waals surface area (Å²) >= 11 is 1.25. The SMILES string of the molecule is O=C(O)N1CCCC(N[S+]([O-])C2(F)CC2)C1Cc1cccc(Br)c1F. The number of amides is 1. The topological polar surface area (TPSA) is 75.6 Å². The molecule has 2 aliphatic rings. The highest BCUT2D eigenvalue weighted by atomic mass is 79.9. The largest absolute Gasteiger partial charge is 0.595 e. The lowest BCUT2D eigenvalue weighted by Crippen LogP contribution is -2.58. The van der Waals surface area contributed by atoms with Crippen LogP contribution in [0.2, 0.25) is 0 Å². The zero-order valence-corrected chi connectivity index (χ0v) is 15.8. The molecule has 1 aromatic carbocycles. The van der Waals surface area contributed by atoms with E-state index in [0.29, 0.717) is 29.4 Å². The van der Waals surface area contributed by atoms with Gasteiger partial charge >= 0.3 is 6.09 Å². The fourth-order valence-electron chi connectivity index (χ4n) is 3.14. The normalized spacial score (nSPS) is 26.3. The number of alkyl halides is 1. The summed E-state index contributed by atoms with van der Waals surface area (Å²) in [5.41, 5.74) is 0.367. The van der Waals surface area contributed by atoms with Crippen LogP contribution in [0.4, 0.5) is 13.6 Å². The first-order valence-corrected chi connectivity index (χ1v) is 10.1. The van der Waals surface area contributed by atoms with Gasteiger partial charge in [-0.05, 0) is 46.8 Å². The molecule has 138 valence electrons. The molecule has 1 aliphatic carbocycles. The molecule has 1 aliphatic heterocycles. The van der Waals surface area contributed by atoms with Gasteiger partial charge in [0.15, 0.2) is 0 Å². The summed E-state index contributed by atoms with van der Waals surface area (Å²) in [6.45, 7) is 0.321. The van der Waals surface area contributed by atoms with Crippen LogP contribution in [0.15, 0.2) is 22.7 Å². The number of benzene rings is 1. The summed E-state index contributed by atoms with van der Waals surface area (Å²) in [5, 5.41) is 7.77. The zero-order valence-electron chi connectivity index (χ0n) is 13.4. The first kappa shape index (κ1) is 18.9. The van der Waals surface area contributed by atoms with Crippen molar-refractivity contribution in [3.05, 3.63) is 34.1 Å². The van der Waals surface area contributed by atoms with E-state index in [4.69, 9.17) is 0 Å². The average Bonchev–Trinajstić information content (AvgIpc) is 3.32. The molecule has 1 heterocycles. The Hall–Kier alpha value is -0.900. The lowest BCUT2D eigenvalue weighted by atomic mass is 9.91. The molecule has 3 rings (SSSR count). The van der Waals surface area contributed by atoms with Crippen molar-refractivity contribution in [2.24, 2.45) is 0 Å². The first-order valence-electron chi connectivity index (χ1n) is 8.11. The van der Waals surface area contributed by atoms with E-state index in [-0.39, 0.29) is 19.3 Å². The number of piperidine rings is 1. The Morgan fingerprint density at radius 1 is 1.52 bits per heavy atom. The van der Waals surface area contributed by atoms with Crippen LogP contribution in [0.25, 0.3) is 0 Å². The maximum atomic E-state index is 14.3. The Morgan fingerprint density at radius 3 is 2.88 bits per heavy atom. The minimum absolute atomic E-state index is 0.131. The number of likely N-dealkylation sites (tertiary alicyclic amines) is 1. The maximum Gasteiger partial charge on any atom is 0.407 e. The Morgan fingerprint density at radius 2 is 2.24 bits per heavy atom. The minimum atomic E-state index is -1.88. The predicted octanol–water partition coefficient (Wildman–Crippen LogP) is 3.35. The molecule has 9 heteroatoms. The van der Waals surface area contributed by atoms with Gasteiger partial charge in [-0.25, -0.2) is 9.18 Å². The average molecular weight is 437 g/mol. The van der Waals surface area contributed by atoms with Gasteiger partial charge < -0.3 is 14.6 Å². The van der Waals surface area contributed by atoms with E-state index in [1.807, 2.05) is 0 Å². The third kappa shape index (κ3) is 4.10. The highest BCUT2D eigenvalue weighted by molar-refractivity contribution is 9.10. The predicted molar refractivity (Wildman–Crippen MR) is 93.7 cm³/mol. The maximum absolute atomic E-state index is 14.3. The van der Waals surface area contributed by atoms with Crippen molar-refractivity contribution in [1.29, 1.82) is 0 Å². The second-order valence-electron chi connectivity index (χ2n) is 6.48. The number of hydrogen-bond acceptors (Lipinski definition) is 3. The van der Waals surface area contributed by atoms with E-state index in [2.05, 4.69) is 20.7 Å². The van der Waals surface area contributed by atoms with Crippen LogP contribution >= 0.6 is 15.9 Å². The van der Waals surface area contributed by atoms with Crippen LogP contribution in [0.5, 0.6) is 0 Å². The summed E-state index contributed by atoms with van der Waals surface area (Å²) in [7, 11) is 0. The third-order valence-corrected chi connectivity index (χ3v) is 6.92. The van der Waals surface area contributed by atoms with Crippen LogP contribution in [0.1, 0.15) is 31.2 Å². The van der Waals surface area contributed by atoms with E-state index >= 15 is 0 Å². The minimum Gasteiger partial charge on any atom is -0.595 e. The summed E-state index contributed by atoms with van der Waals surface area (Å²) in [5.74, 6) is -0.442. The number of hydrogen-bond donors (Lipinski definition) is 2. The Kier molecular flexibility index (Phi) is 5.57. The molecule has 1 saturated carbocycles. The first-order chi connectivity index (χ1) is 11.8. The van der Waals surface area contributed by atoms with Gasteiger partial charge in [0.1, 0.15) is 5.82 Å². The van der Waals surface area contributed by atoms with E-state index in [9.17, 15) is 23.2 Å². The number of nitrogens with zero attached hydrogens (tertiary/aromatic N) is 1. The van der Waals surface area contributed by atoms with Gasteiger partial charge in [0.2, 0.25) is 0 Å². The fourth-order valence-corrected chi connectivity index (χ4v) is 4.78. The number of halogens is 3. The van der Waals surface area contributed by atoms with Crippen molar-refractivity contribution >= 4 is 33.4 Å². The molecule has 5 nitrogen and oxygen atoms in total. The standard InChI is InChI=1S/C16H19BrF2N2O3S/c17-11-4-1-3-10(14(11)18)9-13-12(5-2-8-21(13)15(22)23)20-25(24)16(19)6-7-16/h1,3-4,12-13,20H,2,5-9H2,(H,22,23). The van der Waals surface area contributed by atoms with Crippen molar-refractivity contribution in [3.8, 4) is 0 Å². The van der Waals surface area contributed by atoms with E-state index < -0.39 is 40.4 Å². The van der Waals surface area contributed by atoms with E-state index in [1.165, 1.54) is 4.90 Å². The van der Waals surface area contributed by atoms with Crippen LogP contribution in [-0.4, -0.2) is 44.3 Å². The Bertz CT molecular complexity index is 662. The summed E-state index contributed by atoms with van der Waals surface area (Å²) in [6.07, 6.45) is 0.647. The second kappa shape index (κ2) is 7.38. The summed E-state index contributed by atoms with van der Waals surface area (Å²) in [6, 6.07) is 3.75. The van der Waals surface area contributed by atoms with Crippen molar-refractivity contribution < 1.29 is 23.2 Å². The van der Waals surface area contributed by atoms with Gasteiger partial charge in [0.05, 0.1) is 27.9 Å². The molecule has 2 N–H and O–H groups in total. The van der Waals surface area contributed by atoms with Gasteiger partial charge in [-0.15, -0.1) is 4.72 Å². The van der Waals surface area contributed by atoms with Crippen LogP contribution < -0.4 is 4.72 Å². The third-order valence-electron chi connectivity index (χ3n) is 4.72. The highest BCUT2D eigenvalue weighted by Gasteiger charge is 2.57. The smallest absolute Gasteiger partial charge is 0.407 e. The monoisotopic (exact) mass is 436 g/mol. The van der Waals surface area contributed by atoms with Crippen LogP contribution in [0, 0.1) is 5.82 Å². The highest BCUT2D eigenvalue weighted by Crippen LogP contribution is 2.44. The second-order valence-corrected chi connectivity index (χ2v) is 8.84. The summed E-state index contributed by atoms with van der Waals surface area (Å²) < 4.78 is 43.6. The Balaban J connectivity index is 1.82. The number of rotatable bonds is 5. The number of carboxylic acid groups (broad SMARTS) is 1. The fraction of sp³-hybridized carbons (Fsp3) is 0.562. The molecule has 1 saturated heterocycles. The van der Waals surface area contributed by atoms with Gasteiger partial charge in [-0.3, -0.25) is 0 Å². The molecule has 2 fully saturated rings. The zero-order chi connectivity index (χ0) is 18.2. The molecule has 0 spiro atoms. The Labute approximate surface area is 156 Å². The lowest BCUT2D eigenvalue weighted by Gasteiger charge is -2.40. The van der Waals surface area contributed by atoms with Gasteiger partial charge in [-0.2, -0.15) is 4.39 Å². The molecule has 25 heavy (non-hydrogen) atoms. The van der Waals surface area contributed by atoms with Crippen LogP contribution in [-0.2, 0) is 17.8 Å². The van der Waals surface area contributed by atoms with Crippen molar-refractivity contribution in [1.82, 2.24) is 9.62 Å². The van der Waals surface area contributed by atoms with Gasteiger partial charge in [-0.1, -0.05) is 12.1 Å². The molecule has 0 bridgehead atoms. The molecule has 1 amide bonds. The van der Waals surface area contributed by atoms with Gasteiger partial charge in [0, 0.05) is 19.4 Å². The molecule has 3 atom stereocenters. The molecule has 0 aromatic heterocycles. The van der Waals surface area contributed by atoms with Gasteiger partial charge in [0.25, 0.3) is 5.00 Å². The van der Waals surface area contributed by atoms with Crippen molar-refractivity contribution in [2.75, 3.05) is 6.54 Å². The molecule has 1 aromatic rings. The van der Waals surface area contributed by atoms with Crippen LogP contribution in [0.3, 0.4) is 0 Å². The summed E-state index contributed by atoms with van der Waals surface area (Å²) in [4.78, 5) is 12.8. The van der Waals surface area contributed by atoms with Crippen molar-refractivity contribution in [3.63, 3.8) is 0 Å². The quantitative estimate of drug-likeness (QED) is 0.693. The molecular formula is C16H19BrF2N2O3S. The molecular weight excluding hydrogens is 418 g/mol. The van der Waals surface area contributed by atoms with Crippen molar-refractivity contribution in [2.45, 2.75) is 49.2 Å². The van der Waals surface area contributed by atoms with E-state index in [1.54, 1.807) is 18.2 Å². The lowest BCUT2D eigenvalue weighted by molar-refractivity contribution is 0.0936. The molecule has 0 radical (unpaired) electrons.